The summed E-state index contributed by atoms with van der Waals surface area (Å²) in [6.45, 7) is 6.86. The van der Waals surface area contributed by atoms with E-state index < -0.39 is 5.97 Å². The summed E-state index contributed by atoms with van der Waals surface area (Å²) in [5.41, 5.74) is 2.97. The number of carbonyl (C=O) groups excluding carboxylic acids is 1. The van der Waals surface area contributed by atoms with Gasteiger partial charge in [0.15, 0.2) is 0 Å². The molecule has 0 radical (unpaired) electrons. The highest BCUT2D eigenvalue weighted by Crippen LogP contribution is 2.24. The molecule has 0 saturated heterocycles. The van der Waals surface area contributed by atoms with Gasteiger partial charge in [-0.25, -0.2) is 4.98 Å². The van der Waals surface area contributed by atoms with E-state index in [1.807, 2.05) is 50.4 Å². The van der Waals surface area contributed by atoms with Gasteiger partial charge in [-0.3, -0.25) is 9.59 Å². The van der Waals surface area contributed by atoms with Crippen molar-refractivity contribution in [3.05, 3.63) is 40.9 Å². The van der Waals surface area contributed by atoms with Crippen molar-refractivity contribution in [3.63, 3.8) is 0 Å². The largest absolute Gasteiger partial charge is 0.481 e. The molecule has 1 N–H and O–H groups in total. The third-order valence-electron chi connectivity index (χ3n) is 3.72. The molecule has 0 unspecified atom stereocenters. The van der Waals surface area contributed by atoms with Crippen LogP contribution in [-0.4, -0.2) is 40.0 Å². The molecule has 1 amide bonds. The Labute approximate surface area is 152 Å². The van der Waals surface area contributed by atoms with Gasteiger partial charge < -0.3 is 10.0 Å². The predicted octanol–water partition coefficient (Wildman–Crippen LogP) is 3.62. The van der Waals surface area contributed by atoms with Crippen molar-refractivity contribution in [1.82, 2.24) is 9.88 Å². The van der Waals surface area contributed by atoms with Crippen molar-refractivity contribution in [2.24, 2.45) is 5.92 Å². The van der Waals surface area contributed by atoms with Crippen LogP contribution in [0.25, 0.3) is 10.6 Å². The Morgan fingerprint density at radius 1 is 1.24 bits per heavy atom. The highest BCUT2D eigenvalue weighted by molar-refractivity contribution is 7.13. The number of amides is 1. The number of rotatable bonds is 8. The van der Waals surface area contributed by atoms with Gasteiger partial charge in [-0.05, 0) is 12.8 Å². The summed E-state index contributed by atoms with van der Waals surface area (Å²) in [5.74, 6) is -0.677. The lowest BCUT2D eigenvalue weighted by atomic mass is 10.1. The number of aromatic nitrogens is 1. The first kappa shape index (κ1) is 19.1. The van der Waals surface area contributed by atoms with Crippen LogP contribution in [0.5, 0.6) is 0 Å². The maximum absolute atomic E-state index is 12.5. The molecule has 0 bridgehead atoms. The predicted molar refractivity (Wildman–Crippen MR) is 99.7 cm³/mol. The fourth-order valence-electron chi connectivity index (χ4n) is 2.47. The highest BCUT2D eigenvalue weighted by Gasteiger charge is 2.18. The van der Waals surface area contributed by atoms with Crippen LogP contribution in [0.3, 0.4) is 0 Å². The molecule has 2 aromatic rings. The summed E-state index contributed by atoms with van der Waals surface area (Å²) in [6.07, 6.45) is 0.166. The molecule has 6 heteroatoms. The molecule has 0 aliphatic heterocycles. The standard InChI is InChI=1S/C19H24N2O3S/c1-13(2)11-21(9-8-18(23)24)17(22)10-16-12-25-19(20-16)15-6-4-14(3)5-7-15/h4-7,12-13H,8-11H2,1-3H3,(H,23,24). The average Bonchev–Trinajstić information content (AvgIpc) is 3.00. The molecule has 0 atom stereocenters. The first-order valence-electron chi connectivity index (χ1n) is 8.36. The summed E-state index contributed by atoms with van der Waals surface area (Å²) in [7, 11) is 0. The van der Waals surface area contributed by atoms with E-state index in [0.29, 0.717) is 6.54 Å². The molecule has 1 aromatic heterocycles. The van der Waals surface area contributed by atoms with Crippen LogP contribution >= 0.6 is 11.3 Å². The number of hydrogen-bond acceptors (Lipinski definition) is 4. The topological polar surface area (TPSA) is 70.5 Å². The summed E-state index contributed by atoms with van der Waals surface area (Å²) in [4.78, 5) is 29.5. The highest BCUT2D eigenvalue weighted by atomic mass is 32.1. The van der Waals surface area contributed by atoms with E-state index in [-0.39, 0.29) is 31.2 Å². The van der Waals surface area contributed by atoms with Gasteiger partial charge in [-0.2, -0.15) is 0 Å². The van der Waals surface area contributed by atoms with Gasteiger partial charge in [0, 0.05) is 24.0 Å². The molecule has 0 spiro atoms. The van der Waals surface area contributed by atoms with Gasteiger partial charge in [0.1, 0.15) is 5.01 Å². The van der Waals surface area contributed by atoms with Crippen LogP contribution in [-0.2, 0) is 16.0 Å². The Bertz CT molecular complexity index is 723. The van der Waals surface area contributed by atoms with Gasteiger partial charge >= 0.3 is 5.97 Å². The van der Waals surface area contributed by atoms with E-state index in [4.69, 9.17) is 5.11 Å². The second-order valence-corrected chi connectivity index (χ2v) is 7.42. The van der Waals surface area contributed by atoms with Gasteiger partial charge in [-0.1, -0.05) is 43.7 Å². The third-order valence-corrected chi connectivity index (χ3v) is 4.66. The number of hydrogen-bond donors (Lipinski definition) is 1. The molecule has 2 rings (SSSR count). The summed E-state index contributed by atoms with van der Waals surface area (Å²) in [5, 5.41) is 11.7. The van der Waals surface area contributed by atoms with Crippen LogP contribution in [0.15, 0.2) is 29.6 Å². The Balaban J connectivity index is 2.04. The molecule has 5 nitrogen and oxygen atoms in total. The Kier molecular flexibility index (Phi) is 6.70. The number of benzene rings is 1. The third kappa shape index (κ3) is 5.98. The lowest BCUT2D eigenvalue weighted by molar-refractivity contribution is -0.138. The molecule has 1 aromatic carbocycles. The Hall–Kier alpha value is -2.21. The van der Waals surface area contributed by atoms with E-state index in [2.05, 4.69) is 4.98 Å². The van der Waals surface area contributed by atoms with E-state index in [9.17, 15) is 9.59 Å². The summed E-state index contributed by atoms with van der Waals surface area (Å²) >= 11 is 1.52. The van der Waals surface area contributed by atoms with Gasteiger partial charge in [0.05, 0.1) is 18.5 Å². The minimum absolute atomic E-state index is 0.0376. The monoisotopic (exact) mass is 360 g/mol. The summed E-state index contributed by atoms with van der Waals surface area (Å²) < 4.78 is 0. The van der Waals surface area contributed by atoms with Crippen molar-refractivity contribution >= 4 is 23.2 Å². The molecule has 0 aliphatic rings. The van der Waals surface area contributed by atoms with Crippen molar-refractivity contribution in [2.45, 2.75) is 33.6 Å². The maximum Gasteiger partial charge on any atom is 0.305 e. The number of nitrogens with zero attached hydrogens (tertiary/aromatic N) is 2. The first-order chi connectivity index (χ1) is 11.8. The molecule has 0 saturated carbocycles. The van der Waals surface area contributed by atoms with Crippen molar-refractivity contribution in [3.8, 4) is 10.6 Å². The first-order valence-corrected chi connectivity index (χ1v) is 9.24. The van der Waals surface area contributed by atoms with Crippen LogP contribution in [0.1, 0.15) is 31.5 Å². The molecule has 0 fully saturated rings. The van der Waals surface area contributed by atoms with Crippen LogP contribution < -0.4 is 0 Å². The Morgan fingerprint density at radius 3 is 2.52 bits per heavy atom. The molecule has 0 aliphatic carbocycles. The van der Waals surface area contributed by atoms with Crippen LogP contribution in [0.2, 0.25) is 0 Å². The average molecular weight is 360 g/mol. The van der Waals surface area contributed by atoms with Crippen molar-refractivity contribution < 1.29 is 14.7 Å². The minimum atomic E-state index is -0.892. The lowest BCUT2D eigenvalue weighted by Gasteiger charge is -2.23. The van der Waals surface area contributed by atoms with E-state index in [1.54, 1.807) is 4.90 Å². The second-order valence-electron chi connectivity index (χ2n) is 6.56. The number of carboxylic acid groups (broad SMARTS) is 1. The van der Waals surface area contributed by atoms with E-state index >= 15 is 0 Å². The van der Waals surface area contributed by atoms with Crippen LogP contribution in [0.4, 0.5) is 0 Å². The number of carbonyl (C=O) groups is 2. The lowest BCUT2D eigenvalue weighted by Crippen LogP contribution is -2.37. The number of aliphatic carboxylic acids is 1. The minimum Gasteiger partial charge on any atom is -0.481 e. The molecule has 25 heavy (non-hydrogen) atoms. The van der Waals surface area contributed by atoms with E-state index in [1.165, 1.54) is 16.9 Å². The molecule has 134 valence electrons. The zero-order valence-corrected chi connectivity index (χ0v) is 15.7. The van der Waals surface area contributed by atoms with Gasteiger partial charge in [0.25, 0.3) is 0 Å². The molecule has 1 heterocycles. The fourth-order valence-corrected chi connectivity index (χ4v) is 3.30. The number of aryl methyl sites for hydroxylation is 1. The smallest absolute Gasteiger partial charge is 0.305 e. The van der Waals surface area contributed by atoms with Gasteiger partial charge in [0.2, 0.25) is 5.91 Å². The van der Waals surface area contributed by atoms with Crippen molar-refractivity contribution in [1.29, 1.82) is 0 Å². The molecular formula is C19H24N2O3S. The second kappa shape index (κ2) is 8.76. The number of carboxylic acids is 1. The van der Waals surface area contributed by atoms with Crippen LogP contribution in [0, 0.1) is 12.8 Å². The van der Waals surface area contributed by atoms with Gasteiger partial charge in [-0.15, -0.1) is 11.3 Å². The zero-order chi connectivity index (χ0) is 18.4. The quantitative estimate of drug-likeness (QED) is 0.780. The number of thiazole rings is 1. The fraction of sp³-hybridized carbons (Fsp3) is 0.421. The maximum atomic E-state index is 12.5. The molecular weight excluding hydrogens is 336 g/mol. The summed E-state index contributed by atoms with van der Waals surface area (Å²) in [6, 6.07) is 8.13. The Morgan fingerprint density at radius 2 is 1.92 bits per heavy atom. The SMILES string of the molecule is Cc1ccc(-c2nc(CC(=O)N(CCC(=O)O)CC(C)C)cs2)cc1. The normalized spacial score (nSPS) is 10.9. The van der Waals surface area contributed by atoms with Crippen molar-refractivity contribution in [2.75, 3.05) is 13.1 Å². The zero-order valence-electron chi connectivity index (χ0n) is 14.9. The van der Waals surface area contributed by atoms with E-state index in [0.717, 1.165) is 16.3 Å².